The van der Waals surface area contributed by atoms with Gasteiger partial charge < -0.3 is 11.1 Å². The van der Waals surface area contributed by atoms with Crippen LogP contribution >= 0.6 is 0 Å². The molecule has 3 N–H and O–H groups in total. The van der Waals surface area contributed by atoms with Crippen molar-refractivity contribution < 1.29 is 13.8 Å². The van der Waals surface area contributed by atoms with E-state index in [1.807, 2.05) is 109 Å². The van der Waals surface area contributed by atoms with Crippen LogP contribution in [-0.4, -0.2) is 27.8 Å². The van der Waals surface area contributed by atoms with Crippen LogP contribution in [0.2, 0.25) is 0 Å². The lowest BCUT2D eigenvalue weighted by atomic mass is 9.68. The lowest BCUT2D eigenvalue weighted by Crippen LogP contribution is -2.53. The molecule has 0 heterocycles. The third-order valence-electron chi connectivity index (χ3n) is 6.21. The van der Waals surface area contributed by atoms with Crippen LogP contribution in [0.15, 0.2) is 126 Å². The Morgan fingerprint density at radius 3 is 1.47 bits per heavy atom. The Morgan fingerprint density at radius 2 is 1.08 bits per heavy atom. The second-order valence-corrected chi connectivity index (χ2v) is 10.00. The molecule has 2 amide bonds. The number of nitrogens with one attached hydrogen (secondary N) is 1. The number of hydrogen-bond acceptors (Lipinski definition) is 3. The summed E-state index contributed by atoms with van der Waals surface area (Å²) < 4.78 is 12.8. The Bertz CT molecular complexity index is 1220. The first-order valence-electron chi connectivity index (χ1n) is 11.7. The highest BCUT2D eigenvalue weighted by Gasteiger charge is 2.44. The van der Waals surface area contributed by atoms with Crippen molar-refractivity contribution in [2.45, 2.75) is 22.8 Å². The second-order valence-electron chi connectivity index (χ2n) is 8.43. The van der Waals surface area contributed by atoms with Crippen molar-refractivity contribution in [3.05, 3.63) is 138 Å². The fourth-order valence-corrected chi connectivity index (χ4v) is 5.57. The molecule has 36 heavy (non-hydrogen) atoms. The molecule has 0 saturated carbocycles. The minimum absolute atomic E-state index is 0.150. The van der Waals surface area contributed by atoms with E-state index < -0.39 is 28.2 Å². The average molecular weight is 497 g/mol. The summed E-state index contributed by atoms with van der Waals surface area (Å²) >= 11 is 0. The number of rotatable bonds is 10. The number of hydrogen-bond donors (Lipinski definition) is 2. The monoisotopic (exact) mass is 496 g/mol. The molecule has 0 bridgehead atoms. The number of benzene rings is 4. The highest BCUT2D eigenvalue weighted by atomic mass is 32.2. The van der Waals surface area contributed by atoms with Gasteiger partial charge in [0.2, 0.25) is 11.8 Å². The van der Waals surface area contributed by atoms with Gasteiger partial charge in [-0.2, -0.15) is 0 Å². The first kappa shape index (κ1) is 25.1. The summed E-state index contributed by atoms with van der Waals surface area (Å²) in [5.74, 6) is -0.857. The van der Waals surface area contributed by atoms with Gasteiger partial charge in [-0.3, -0.25) is 13.8 Å². The Hall–Kier alpha value is -4.03. The van der Waals surface area contributed by atoms with Crippen molar-refractivity contribution in [1.82, 2.24) is 5.32 Å². The van der Waals surface area contributed by atoms with Crippen molar-refractivity contribution in [3.63, 3.8) is 0 Å². The molecule has 4 rings (SSSR count). The zero-order chi connectivity index (χ0) is 25.4. The van der Waals surface area contributed by atoms with Crippen molar-refractivity contribution >= 4 is 22.6 Å². The highest BCUT2D eigenvalue weighted by Crippen LogP contribution is 2.39. The van der Waals surface area contributed by atoms with Gasteiger partial charge in [0, 0.05) is 10.6 Å². The predicted octanol–water partition coefficient (Wildman–Crippen LogP) is 4.19. The summed E-state index contributed by atoms with van der Waals surface area (Å²) in [6, 6.07) is 36.5. The maximum atomic E-state index is 14.3. The normalized spacial score (nSPS) is 12.9. The van der Waals surface area contributed by atoms with Gasteiger partial charge in [-0.15, -0.1) is 0 Å². The molecule has 0 unspecified atom stereocenters. The molecule has 0 aliphatic carbocycles. The first-order valence-corrected chi connectivity index (χ1v) is 13.1. The Balaban J connectivity index is 1.73. The maximum absolute atomic E-state index is 14.3. The molecule has 5 nitrogen and oxygen atoms in total. The third-order valence-corrected chi connectivity index (χ3v) is 7.61. The molecular weight excluding hydrogens is 468 g/mol. The quantitative estimate of drug-likeness (QED) is 0.323. The molecular formula is C30H28N2O3S. The zero-order valence-electron chi connectivity index (χ0n) is 19.7. The first-order chi connectivity index (χ1) is 17.5. The second kappa shape index (κ2) is 11.6. The molecule has 0 aromatic heterocycles. The molecule has 2 atom stereocenters. The van der Waals surface area contributed by atoms with Crippen molar-refractivity contribution in [1.29, 1.82) is 0 Å². The zero-order valence-corrected chi connectivity index (χ0v) is 20.6. The van der Waals surface area contributed by atoms with Crippen LogP contribution in [0, 0.1) is 0 Å². The molecule has 0 saturated heterocycles. The van der Waals surface area contributed by atoms with E-state index in [1.54, 1.807) is 12.1 Å². The van der Waals surface area contributed by atoms with Crippen LogP contribution in [0.5, 0.6) is 0 Å². The molecule has 0 aliphatic heterocycles. The van der Waals surface area contributed by atoms with E-state index in [-0.39, 0.29) is 18.1 Å². The largest absolute Gasteiger partial charge is 0.368 e. The van der Waals surface area contributed by atoms with Crippen LogP contribution in [-0.2, 0) is 25.8 Å². The van der Waals surface area contributed by atoms with Gasteiger partial charge >= 0.3 is 0 Å². The number of amides is 2. The highest BCUT2D eigenvalue weighted by molar-refractivity contribution is 7.85. The van der Waals surface area contributed by atoms with E-state index in [1.165, 1.54) is 0 Å². The van der Waals surface area contributed by atoms with E-state index in [0.717, 1.165) is 16.7 Å². The summed E-state index contributed by atoms with van der Waals surface area (Å²) in [4.78, 5) is 27.4. The number of primary amides is 1. The third kappa shape index (κ3) is 5.29. The average Bonchev–Trinajstić information content (AvgIpc) is 2.93. The lowest BCUT2D eigenvalue weighted by Gasteiger charge is -2.35. The van der Waals surface area contributed by atoms with Crippen LogP contribution in [0.1, 0.15) is 23.1 Å². The lowest BCUT2D eigenvalue weighted by molar-refractivity contribution is -0.129. The van der Waals surface area contributed by atoms with Crippen LogP contribution in [0.3, 0.4) is 0 Å². The summed E-state index contributed by atoms with van der Waals surface area (Å²) in [6.07, 6.45) is 0.150. The Labute approximate surface area is 213 Å². The number of carbonyl (C=O) groups is 2. The summed E-state index contributed by atoms with van der Waals surface area (Å²) in [6.45, 7) is 0. The molecule has 0 spiro atoms. The summed E-state index contributed by atoms with van der Waals surface area (Å²) in [7, 11) is -1.32. The van der Waals surface area contributed by atoms with Crippen molar-refractivity contribution in [2.75, 3.05) is 5.75 Å². The summed E-state index contributed by atoms with van der Waals surface area (Å²) in [5, 5.41) is 2.91. The van der Waals surface area contributed by atoms with E-state index >= 15 is 0 Å². The van der Waals surface area contributed by atoms with Gasteiger partial charge in [-0.25, -0.2) is 0 Å². The van der Waals surface area contributed by atoms with Gasteiger partial charge in [0.25, 0.3) is 0 Å². The molecule has 6 heteroatoms. The van der Waals surface area contributed by atoms with Crippen LogP contribution < -0.4 is 11.1 Å². The Kier molecular flexibility index (Phi) is 8.08. The van der Waals surface area contributed by atoms with E-state index in [2.05, 4.69) is 5.32 Å². The Morgan fingerprint density at radius 1 is 0.694 bits per heavy atom. The van der Waals surface area contributed by atoms with Crippen molar-refractivity contribution in [3.8, 4) is 0 Å². The number of nitrogens with two attached hydrogens (primary N) is 1. The van der Waals surface area contributed by atoms with E-state index in [9.17, 15) is 13.8 Å². The smallest absolute Gasteiger partial charge is 0.240 e. The molecule has 4 aromatic rings. The van der Waals surface area contributed by atoms with Crippen molar-refractivity contribution in [2.24, 2.45) is 5.73 Å². The topological polar surface area (TPSA) is 89.3 Å². The van der Waals surface area contributed by atoms with Gasteiger partial charge in [0.05, 0.1) is 10.8 Å². The number of carbonyl (C=O) groups excluding carboxylic acids is 2. The molecule has 182 valence electrons. The van der Waals surface area contributed by atoms with Gasteiger partial charge in [-0.1, -0.05) is 109 Å². The molecule has 4 aromatic carbocycles. The van der Waals surface area contributed by atoms with Gasteiger partial charge in [-0.05, 0) is 35.2 Å². The van der Waals surface area contributed by atoms with Gasteiger partial charge in [0.15, 0.2) is 0 Å². The standard InChI is InChI=1S/C30H28N2O3S/c31-28(33)27(21-22-36(35)26-19-11-4-12-20-26)32-29(34)30(23-13-5-1-6-14-23,24-15-7-2-8-16-24)25-17-9-3-10-18-25/h1-20,27H,21-22H2,(H2,31,33)(H,32,34)/t27-,36+/m1/s1. The fourth-order valence-electron chi connectivity index (χ4n) is 4.42. The summed E-state index contributed by atoms with van der Waals surface area (Å²) in [5.41, 5.74) is 6.77. The molecule has 0 aliphatic rings. The molecule has 0 radical (unpaired) electrons. The minimum atomic E-state index is -1.32. The predicted molar refractivity (Wildman–Crippen MR) is 143 cm³/mol. The molecule has 0 fully saturated rings. The van der Waals surface area contributed by atoms with Crippen LogP contribution in [0.25, 0.3) is 0 Å². The maximum Gasteiger partial charge on any atom is 0.240 e. The SMILES string of the molecule is NC(=O)[C@@H](CC[S@](=O)c1ccccc1)NC(=O)C(c1ccccc1)(c1ccccc1)c1ccccc1. The van der Waals surface area contributed by atoms with Crippen LogP contribution in [0.4, 0.5) is 0 Å². The van der Waals surface area contributed by atoms with E-state index in [4.69, 9.17) is 5.73 Å². The minimum Gasteiger partial charge on any atom is -0.368 e. The fraction of sp³-hybridized carbons (Fsp3) is 0.133. The van der Waals surface area contributed by atoms with Gasteiger partial charge in [0.1, 0.15) is 11.5 Å². The van der Waals surface area contributed by atoms with E-state index in [0.29, 0.717) is 4.90 Å².